The van der Waals surface area contributed by atoms with E-state index in [-0.39, 0.29) is 16.7 Å². The van der Waals surface area contributed by atoms with E-state index in [1.807, 2.05) is 4.57 Å². The molecule has 1 aliphatic heterocycles. The molecule has 0 saturated carbocycles. The van der Waals surface area contributed by atoms with Crippen molar-refractivity contribution < 1.29 is 8.42 Å². The summed E-state index contributed by atoms with van der Waals surface area (Å²) >= 11 is 5.94. The van der Waals surface area contributed by atoms with Crippen molar-refractivity contribution in [3.05, 3.63) is 23.1 Å². The maximum absolute atomic E-state index is 12.3. The lowest BCUT2D eigenvalue weighted by Gasteiger charge is -2.08. The quantitative estimate of drug-likeness (QED) is 0.888. The Kier molecular flexibility index (Phi) is 4.20. The molecule has 2 aromatic heterocycles. The number of aromatic nitrogens is 5. The third-order valence-electron chi connectivity index (χ3n) is 3.70. The highest BCUT2D eigenvalue weighted by Crippen LogP contribution is 2.19. The number of imidazole rings is 1. The average Bonchev–Trinajstić information content (AvgIpc) is 2.93. The fraction of sp³-hybridized carbons (Fsp3) is 0.583. The lowest BCUT2D eigenvalue weighted by Crippen LogP contribution is -2.26. The molecule has 0 saturated heterocycles. The van der Waals surface area contributed by atoms with Crippen molar-refractivity contribution in [2.75, 3.05) is 0 Å². The number of sulfonamides is 1. The molecule has 0 fully saturated rings. The third kappa shape index (κ3) is 2.88. The van der Waals surface area contributed by atoms with Crippen molar-refractivity contribution in [1.29, 1.82) is 0 Å². The van der Waals surface area contributed by atoms with Crippen LogP contribution in [0.25, 0.3) is 0 Å². The zero-order valence-corrected chi connectivity index (χ0v) is 13.7. The van der Waals surface area contributed by atoms with Gasteiger partial charge in [-0.15, -0.1) is 10.2 Å². The molecule has 8 nitrogen and oxygen atoms in total. The van der Waals surface area contributed by atoms with Crippen LogP contribution < -0.4 is 4.72 Å². The molecule has 2 aromatic rings. The van der Waals surface area contributed by atoms with Crippen LogP contribution in [0.4, 0.5) is 0 Å². The second-order valence-corrected chi connectivity index (χ2v) is 7.31. The molecule has 1 aliphatic rings. The molecule has 0 atom stereocenters. The van der Waals surface area contributed by atoms with Gasteiger partial charge in [0.1, 0.15) is 16.8 Å². The molecule has 120 valence electrons. The van der Waals surface area contributed by atoms with Crippen molar-refractivity contribution in [1.82, 2.24) is 29.0 Å². The number of hydrogen-bond acceptors (Lipinski definition) is 5. The highest BCUT2D eigenvalue weighted by Gasteiger charge is 2.23. The van der Waals surface area contributed by atoms with Crippen molar-refractivity contribution in [3.63, 3.8) is 0 Å². The molecular formula is C12H17ClN6O2S. The second-order valence-electron chi connectivity index (χ2n) is 5.27. The van der Waals surface area contributed by atoms with E-state index in [9.17, 15) is 8.42 Å². The minimum atomic E-state index is -3.78. The predicted octanol–water partition coefficient (Wildman–Crippen LogP) is 0.870. The van der Waals surface area contributed by atoms with Gasteiger partial charge in [0.15, 0.2) is 0 Å². The van der Waals surface area contributed by atoms with Gasteiger partial charge in [0.05, 0.1) is 12.9 Å². The number of nitrogens with zero attached hydrogens (tertiary/aromatic N) is 5. The Morgan fingerprint density at radius 1 is 1.32 bits per heavy atom. The van der Waals surface area contributed by atoms with E-state index < -0.39 is 10.0 Å². The van der Waals surface area contributed by atoms with Gasteiger partial charge in [-0.05, 0) is 12.8 Å². The third-order valence-corrected chi connectivity index (χ3v) is 5.59. The van der Waals surface area contributed by atoms with E-state index in [0.717, 1.165) is 38.1 Å². The fourth-order valence-corrected chi connectivity index (χ4v) is 3.88. The highest BCUT2D eigenvalue weighted by atomic mass is 35.5. The van der Waals surface area contributed by atoms with E-state index in [1.165, 1.54) is 10.9 Å². The van der Waals surface area contributed by atoms with E-state index in [2.05, 4.69) is 19.9 Å². The van der Waals surface area contributed by atoms with Crippen LogP contribution in [-0.2, 0) is 36.6 Å². The molecule has 1 N–H and O–H groups in total. The van der Waals surface area contributed by atoms with Crippen LogP contribution in [0.15, 0.2) is 11.4 Å². The molecule has 0 aromatic carbocycles. The molecule has 0 bridgehead atoms. The number of rotatable bonds is 4. The Morgan fingerprint density at radius 3 is 2.86 bits per heavy atom. The normalized spacial score (nSPS) is 15.5. The van der Waals surface area contributed by atoms with Gasteiger partial charge in [0.2, 0.25) is 5.03 Å². The van der Waals surface area contributed by atoms with Crippen molar-refractivity contribution in [3.8, 4) is 0 Å². The molecule has 0 amide bonds. The molecule has 0 aliphatic carbocycles. The SMILES string of the molecule is Cn1cnc(S(=O)(=O)NCc2nnc3n2CCCCC3)c1Cl. The van der Waals surface area contributed by atoms with Crippen LogP contribution in [0.3, 0.4) is 0 Å². The summed E-state index contributed by atoms with van der Waals surface area (Å²) in [6.07, 6.45) is 5.54. The average molecular weight is 345 g/mol. The molecule has 0 spiro atoms. The monoisotopic (exact) mass is 344 g/mol. The second kappa shape index (κ2) is 5.98. The summed E-state index contributed by atoms with van der Waals surface area (Å²) in [5.41, 5.74) is 0. The highest BCUT2D eigenvalue weighted by molar-refractivity contribution is 7.89. The summed E-state index contributed by atoms with van der Waals surface area (Å²) in [4.78, 5) is 3.83. The number of nitrogens with one attached hydrogen (secondary N) is 1. The van der Waals surface area contributed by atoms with Gasteiger partial charge in [-0.1, -0.05) is 18.0 Å². The minimum Gasteiger partial charge on any atom is -0.324 e. The lowest BCUT2D eigenvalue weighted by atomic mass is 10.2. The Bertz CT molecular complexity index is 782. The Balaban J connectivity index is 1.78. The number of halogens is 1. The number of fused-ring (bicyclic) bond motifs is 1. The van der Waals surface area contributed by atoms with Gasteiger partial charge >= 0.3 is 0 Å². The van der Waals surface area contributed by atoms with Gasteiger partial charge in [-0.25, -0.2) is 18.1 Å². The van der Waals surface area contributed by atoms with Gasteiger partial charge < -0.3 is 9.13 Å². The Labute approximate surface area is 133 Å². The first kappa shape index (κ1) is 15.4. The number of aryl methyl sites for hydroxylation is 2. The minimum absolute atomic E-state index is 0.0717. The van der Waals surface area contributed by atoms with Crippen LogP contribution in [0.1, 0.15) is 30.9 Å². The maximum Gasteiger partial charge on any atom is 0.261 e. The zero-order valence-electron chi connectivity index (χ0n) is 12.2. The van der Waals surface area contributed by atoms with Crippen molar-refractivity contribution in [2.24, 2.45) is 7.05 Å². The zero-order chi connectivity index (χ0) is 15.7. The van der Waals surface area contributed by atoms with Gasteiger partial charge in [-0.3, -0.25) is 0 Å². The smallest absolute Gasteiger partial charge is 0.261 e. The van der Waals surface area contributed by atoms with Crippen LogP contribution in [0, 0.1) is 0 Å². The molecule has 3 rings (SSSR count). The summed E-state index contributed by atoms with van der Waals surface area (Å²) in [5.74, 6) is 1.54. The largest absolute Gasteiger partial charge is 0.324 e. The Hall–Kier alpha value is -1.45. The van der Waals surface area contributed by atoms with Gasteiger partial charge in [-0.2, -0.15) is 0 Å². The molecule has 22 heavy (non-hydrogen) atoms. The van der Waals surface area contributed by atoms with Crippen LogP contribution in [0.5, 0.6) is 0 Å². The van der Waals surface area contributed by atoms with Crippen molar-refractivity contribution in [2.45, 2.75) is 43.8 Å². The van der Waals surface area contributed by atoms with E-state index in [0.29, 0.717) is 5.82 Å². The van der Waals surface area contributed by atoms with E-state index in [4.69, 9.17) is 11.6 Å². The molecular weight excluding hydrogens is 328 g/mol. The first-order valence-electron chi connectivity index (χ1n) is 7.06. The fourth-order valence-electron chi connectivity index (χ4n) is 2.48. The van der Waals surface area contributed by atoms with E-state index >= 15 is 0 Å². The number of hydrogen-bond donors (Lipinski definition) is 1. The summed E-state index contributed by atoms with van der Waals surface area (Å²) < 4.78 is 30.5. The van der Waals surface area contributed by atoms with Gasteiger partial charge in [0.25, 0.3) is 10.0 Å². The summed E-state index contributed by atoms with van der Waals surface area (Å²) in [6.45, 7) is 0.895. The molecule has 10 heteroatoms. The maximum atomic E-state index is 12.3. The summed E-state index contributed by atoms with van der Waals surface area (Å²) in [7, 11) is -2.15. The van der Waals surface area contributed by atoms with Gasteiger partial charge in [0, 0.05) is 20.0 Å². The van der Waals surface area contributed by atoms with Crippen LogP contribution in [-0.4, -0.2) is 32.7 Å². The molecule has 3 heterocycles. The van der Waals surface area contributed by atoms with Crippen molar-refractivity contribution >= 4 is 21.6 Å². The first-order valence-corrected chi connectivity index (χ1v) is 8.92. The lowest BCUT2D eigenvalue weighted by molar-refractivity contribution is 0.565. The first-order chi connectivity index (χ1) is 10.5. The standard InChI is InChI=1S/C12H17ClN6O2S/c1-18-8-14-12(11(18)13)22(20,21)15-7-10-17-16-9-5-3-2-4-6-19(9)10/h8,15H,2-7H2,1H3. The topological polar surface area (TPSA) is 94.7 Å². The Morgan fingerprint density at radius 2 is 2.14 bits per heavy atom. The van der Waals surface area contributed by atoms with Crippen LogP contribution in [0.2, 0.25) is 5.15 Å². The molecule has 0 radical (unpaired) electrons. The summed E-state index contributed by atoms with van der Waals surface area (Å²) in [5, 5.41) is 8.14. The predicted molar refractivity (Wildman–Crippen MR) is 79.8 cm³/mol. The van der Waals surface area contributed by atoms with Crippen LogP contribution >= 0.6 is 11.6 Å². The van der Waals surface area contributed by atoms with E-state index in [1.54, 1.807) is 7.05 Å². The molecule has 0 unspecified atom stereocenters. The summed E-state index contributed by atoms with van der Waals surface area (Å²) in [6, 6.07) is 0.